The maximum Gasteiger partial charge on any atom is 0.0957 e. The molecule has 0 fully saturated rings. The molecule has 0 aliphatic heterocycles. The number of fused-ring (bicyclic) bond motifs is 1. The van der Waals surface area contributed by atoms with Crippen molar-refractivity contribution in [2.24, 2.45) is 0 Å². The Kier molecular flexibility index (Phi) is 3.48. The van der Waals surface area contributed by atoms with E-state index in [0.717, 1.165) is 17.6 Å². The van der Waals surface area contributed by atoms with Gasteiger partial charge in [-0.1, -0.05) is 25.1 Å². The van der Waals surface area contributed by atoms with E-state index >= 15 is 0 Å². The number of benzene rings is 1. The lowest BCUT2D eigenvalue weighted by Crippen LogP contribution is -2.22. The first-order valence-corrected chi connectivity index (χ1v) is 6.96. The van der Waals surface area contributed by atoms with Crippen molar-refractivity contribution < 1.29 is 0 Å². The molecular formula is C14H14N4S. The summed E-state index contributed by atoms with van der Waals surface area (Å²) in [5, 5.41) is 5.82. The van der Waals surface area contributed by atoms with Crippen LogP contribution in [-0.4, -0.2) is 20.3 Å². The molecule has 0 amide bonds. The van der Waals surface area contributed by atoms with Gasteiger partial charge in [0.2, 0.25) is 0 Å². The molecule has 1 N–H and O–H groups in total. The minimum atomic E-state index is 0.0663. The number of nitrogens with one attached hydrogen (secondary N) is 1. The largest absolute Gasteiger partial charge is 0.305 e. The molecule has 3 aromatic rings. The summed E-state index contributed by atoms with van der Waals surface area (Å²) in [4.78, 5) is 4.24. The molecule has 3 rings (SSSR count). The van der Waals surface area contributed by atoms with E-state index in [1.54, 1.807) is 0 Å². The van der Waals surface area contributed by atoms with Crippen molar-refractivity contribution in [1.82, 2.24) is 19.0 Å². The van der Waals surface area contributed by atoms with Crippen molar-refractivity contribution in [1.29, 1.82) is 0 Å². The number of aromatic nitrogens is 3. The summed E-state index contributed by atoms with van der Waals surface area (Å²) in [5.74, 6) is 0. The molecule has 0 radical (unpaired) electrons. The summed E-state index contributed by atoms with van der Waals surface area (Å²) < 4.78 is 8.47. The quantitative estimate of drug-likeness (QED) is 0.792. The molecule has 0 aliphatic carbocycles. The van der Waals surface area contributed by atoms with Gasteiger partial charge in [0.15, 0.2) is 0 Å². The van der Waals surface area contributed by atoms with Crippen LogP contribution >= 0.6 is 11.7 Å². The van der Waals surface area contributed by atoms with E-state index in [4.69, 9.17) is 0 Å². The zero-order chi connectivity index (χ0) is 13.1. The fraction of sp³-hybridized carbons (Fsp3) is 0.214. The lowest BCUT2D eigenvalue weighted by Gasteiger charge is -2.17. The van der Waals surface area contributed by atoms with Gasteiger partial charge >= 0.3 is 0 Å². The molecule has 0 bridgehead atoms. The fourth-order valence-electron chi connectivity index (χ4n) is 2.27. The third-order valence-corrected chi connectivity index (χ3v) is 3.60. The Hall–Kier alpha value is -1.85. The second-order valence-electron chi connectivity index (χ2n) is 4.27. The van der Waals surface area contributed by atoms with Gasteiger partial charge in [0, 0.05) is 17.8 Å². The molecule has 5 heteroatoms. The van der Waals surface area contributed by atoms with Gasteiger partial charge in [0.25, 0.3) is 0 Å². The van der Waals surface area contributed by atoms with Crippen LogP contribution in [0.3, 0.4) is 0 Å². The number of hydrogen-bond donors (Lipinski definition) is 1. The second kappa shape index (κ2) is 5.42. The molecule has 4 nitrogen and oxygen atoms in total. The SMILES string of the molecule is CCNC(c1cnsn1)c1cccc2ccncc12. The Bertz CT molecular complexity index is 661. The van der Waals surface area contributed by atoms with Crippen LogP contribution in [0.2, 0.25) is 0 Å². The van der Waals surface area contributed by atoms with Crippen LogP contribution in [0.4, 0.5) is 0 Å². The standard InChI is InChI=1S/C14H14N4S/c1-2-16-14(13-9-17-19-18-13)11-5-3-4-10-6-7-15-8-12(10)11/h3-9,14,16H,2H2,1H3. The Labute approximate surface area is 115 Å². The van der Waals surface area contributed by atoms with Crippen molar-refractivity contribution in [2.75, 3.05) is 6.54 Å². The summed E-state index contributed by atoms with van der Waals surface area (Å²) in [7, 11) is 0. The predicted octanol–water partition coefficient (Wildman–Crippen LogP) is 2.79. The highest BCUT2D eigenvalue weighted by Crippen LogP contribution is 2.27. The smallest absolute Gasteiger partial charge is 0.0957 e. The van der Waals surface area contributed by atoms with Crippen molar-refractivity contribution in [3.8, 4) is 0 Å². The molecule has 2 aromatic heterocycles. The maximum atomic E-state index is 4.37. The lowest BCUT2D eigenvalue weighted by atomic mass is 9.98. The van der Waals surface area contributed by atoms with Gasteiger partial charge in [0.05, 0.1) is 29.7 Å². The lowest BCUT2D eigenvalue weighted by molar-refractivity contribution is 0.623. The fourth-order valence-corrected chi connectivity index (χ4v) is 2.71. The Morgan fingerprint density at radius 2 is 2.21 bits per heavy atom. The van der Waals surface area contributed by atoms with Crippen LogP contribution in [0.25, 0.3) is 10.8 Å². The number of pyridine rings is 1. The van der Waals surface area contributed by atoms with Gasteiger partial charge in [-0.15, -0.1) is 0 Å². The third kappa shape index (κ3) is 2.34. The van der Waals surface area contributed by atoms with Gasteiger partial charge in [-0.05, 0) is 23.6 Å². The Morgan fingerprint density at radius 1 is 1.26 bits per heavy atom. The molecule has 0 saturated heterocycles. The third-order valence-electron chi connectivity index (χ3n) is 3.11. The predicted molar refractivity (Wildman–Crippen MR) is 77.2 cm³/mol. The zero-order valence-electron chi connectivity index (χ0n) is 10.6. The van der Waals surface area contributed by atoms with Gasteiger partial charge < -0.3 is 5.32 Å². The van der Waals surface area contributed by atoms with E-state index in [1.165, 1.54) is 22.7 Å². The van der Waals surface area contributed by atoms with Crippen molar-refractivity contribution in [3.05, 3.63) is 54.1 Å². The molecule has 1 aromatic carbocycles. The highest BCUT2D eigenvalue weighted by molar-refractivity contribution is 6.99. The van der Waals surface area contributed by atoms with Crippen LogP contribution in [-0.2, 0) is 0 Å². The average molecular weight is 270 g/mol. The van der Waals surface area contributed by atoms with Gasteiger partial charge in [-0.2, -0.15) is 8.75 Å². The molecule has 19 heavy (non-hydrogen) atoms. The van der Waals surface area contributed by atoms with Crippen LogP contribution in [0.15, 0.2) is 42.9 Å². The number of hydrogen-bond acceptors (Lipinski definition) is 5. The summed E-state index contributed by atoms with van der Waals surface area (Å²) in [5.41, 5.74) is 2.16. The highest BCUT2D eigenvalue weighted by Gasteiger charge is 2.17. The summed E-state index contributed by atoms with van der Waals surface area (Å²) in [6.45, 7) is 2.97. The van der Waals surface area contributed by atoms with Gasteiger partial charge in [0.1, 0.15) is 0 Å². The molecule has 0 saturated carbocycles. The van der Waals surface area contributed by atoms with E-state index in [1.807, 2.05) is 24.7 Å². The first-order valence-electron chi connectivity index (χ1n) is 6.23. The highest BCUT2D eigenvalue weighted by atomic mass is 32.1. The van der Waals surface area contributed by atoms with Gasteiger partial charge in [-0.3, -0.25) is 4.98 Å². The zero-order valence-corrected chi connectivity index (χ0v) is 11.4. The molecule has 2 heterocycles. The molecular weight excluding hydrogens is 256 g/mol. The van der Waals surface area contributed by atoms with Crippen molar-refractivity contribution in [2.45, 2.75) is 13.0 Å². The topological polar surface area (TPSA) is 50.7 Å². The van der Waals surface area contributed by atoms with Crippen LogP contribution in [0.1, 0.15) is 24.2 Å². The normalized spacial score (nSPS) is 12.7. The monoisotopic (exact) mass is 270 g/mol. The summed E-state index contributed by atoms with van der Waals surface area (Å²) >= 11 is 1.24. The van der Waals surface area contributed by atoms with Crippen molar-refractivity contribution >= 4 is 22.5 Å². The Morgan fingerprint density at radius 3 is 3.00 bits per heavy atom. The number of rotatable bonds is 4. The van der Waals surface area contributed by atoms with E-state index in [0.29, 0.717) is 0 Å². The van der Waals surface area contributed by atoms with E-state index in [-0.39, 0.29) is 6.04 Å². The van der Waals surface area contributed by atoms with E-state index in [2.05, 4.69) is 44.2 Å². The molecule has 1 atom stereocenters. The maximum absolute atomic E-state index is 4.37. The second-order valence-corrected chi connectivity index (χ2v) is 4.82. The van der Waals surface area contributed by atoms with E-state index in [9.17, 15) is 0 Å². The molecule has 0 aliphatic rings. The van der Waals surface area contributed by atoms with Crippen LogP contribution in [0, 0.1) is 0 Å². The average Bonchev–Trinajstić information content (AvgIpc) is 2.98. The first-order chi connectivity index (χ1) is 9.40. The molecule has 0 spiro atoms. The summed E-state index contributed by atoms with van der Waals surface area (Å²) in [6.07, 6.45) is 5.56. The summed E-state index contributed by atoms with van der Waals surface area (Å²) in [6, 6.07) is 8.39. The first kappa shape index (κ1) is 12.2. The minimum absolute atomic E-state index is 0.0663. The molecule has 96 valence electrons. The Balaban J connectivity index is 2.15. The van der Waals surface area contributed by atoms with Crippen molar-refractivity contribution in [3.63, 3.8) is 0 Å². The van der Waals surface area contributed by atoms with Gasteiger partial charge in [-0.25, -0.2) is 0 Å². The van der Waals surface area contributed by atoms with E-state index < -0.39 is 0 Å². The number of nitrogens with zero attached hydrogens (tertiary/aromatic N) is 3. The van der Waals surface area contributed by atoms with Crippen LogP contribution < -0.4 is 5.32 Å². The minimum Gasteiger partial charge on any atom is -0.305 e. The van der Waals surface area contributed by atoms with Crippen LogP contribution in [0.5, 0.6) is 0 Å². The molecule has 1 unspecified atom stereocenters.